The summed E-state index contributed by atoms with van der Waals surface area (Å²) in [6.07, 6.45) is 2.03. The van der Waals surface area contributed by atoms with E-state index in [4.69, 9.17) is 21.3 Å². The summed E-state index contributed by atoms with van der Waals surface area (Å²) in [6, 6.07) is 16.7. The highest BCUT2D eigenvalue weighted by atomic mass is 35.5. The molecule has 0 aromatic heterocycles. The number of nitrogens with zero attached hydrogens (tertiary/aromatic N) is 2. The van der Waals surface area contributed by atoms with Crippen molar-refractivity contribution in [2.75, 3.05) is 32.1 Å². The Labute approximate surface area is 166 Å². The first kappa shape index (κ1) is 18.5. The molecule has 0 radical (unpaired) electrons. The highest BCUT2D eigenvalue weighted by molar-refractivity contribution is 6.31. The molecule has 0 spiro atoms. The smallest absolute Gasteiger partial charge is 0.134 e. The van der Waals surface area contributed by atoms with Crippen LogP contribution in [0, 0.1) is 5.92 Å². The Morgan fingerprint density at radius 3 is 2.67 bits per heavy atom. The molecule has 0 amide bonds. The molecule has 2 aromatic carbocycles. The second-order valence-electron chi connectivity index (χ2n) is 7.30. The number of hydrogen-bond donors (Lipinski definition) is 1. The van der Waals surface area contributed by atoms with Gasteiger partial charge in [-0.1, -0.05) is 41.9 Å². The van der Waals surface area contributed by atoms with E-state index in [0.29, 0.717) is 5.92 Å². The zero-order valence-electron chi connectivity index (χ0n) is 15.9. The van der Waals surface area contributed by atoms with E-state index in [-0.39, 0.29) is 12.3 Å². The van der Waals surface area contributed by atoms with Crippen LogP contribution in [-0.4, -0.2) is 45.2 Å². The molecule has 27 heavy (non-hydrogen) atoms. The molecule has 4 nitrogen and oxygen atoms in total. The van der Waals surface area contributed by atoms with Crippen molar-refractivity contribution in [1.29, 1.82) is 0 Å². The van der Waals surface area contributed by atoms with Gasteiger partial charge in [-0.3, -0.25) is 4.99 Å². The summed E-state index contributed by atoms with van der Waals surface area (Å²) in [7, 11) is 3.92. The van der Waals surface area contributed by atoms with Gasteiger partial charge in [-0.15, -0.1) is 0 Å². The van der Waals surface area contributed by atoms with E-state index >= 15 is 0 Å². The number of benzene rings is 2. The summed E-state index contributed by atoms with van der Waals surface area (Å²) in [5.41, 5.74) is 4.31. The van der Waals surface area contributed by atoms with Gasteiger partial charge in [0.25, 0.3) is 0 Å². The van der Waals surface area contributed by atoms with Gasteiger partial charge in [0, 0.05) is 41.9 Å². The van der Waals surface area contributed by atoms with E-state index in [1.165, 1.54) is 0 Å². The van der Waals surface area contributed by atoms with Gasteiger partial charge >= 0.3 is 0 Å². The lowest BCUT2D eigenvalue weighted by Gasteiger charge is -2.40. The Bertz CT molecular complexity index is 824. The van der Waals surface area contributed by atoms with Gasteiger partial charge in [0.1, 0.15) is 6.23 Å². The van der Waals surface area contributed by atoms with Crippen LogP contribution in [0.1, 0.15) is 24.0 Å². The molecule has 3 unspecified atom stereocenters. The average Bonchev–Trinajstić information content (AvgIpc) is 2.92. The first-order valence-electron chi connectivity index (χ1n) is 9.58. The molecule has 1 N–H and O–H groups in total. The molecule has 2 aromatic rings. The minimum atomic E-state index is -0.0177. The largest absolute Gasteiger partial charge is 0.361 e. The number of aliphatic imine (C=N–C) groups is 1. The third kappa shape index (κ3) is 3.62. The predicted octanol–water partition coefficient (Wildman–Crippen LogP) is 3.97. The maximum Gasteiger partial charge on any atom is 0.134 e. The van der Waals surface area contributed by atoms with Crippen molar-refractivity contribution in [2.45, 2.75) is 25.1 Å². The summed E-state index contributed by atoms with van der Waals surface area (Å²) in [5.74, 6) is 0.331. The van der Waals surface area contributed by atoms with Gasteiger partial charge in [-0.25, -0.2) is 0 Å². The molecule has 1 saturated heterocycles. The summed E-state index contributed by atoms with van der Waals surface area (Å²) in [5, 5.41) is 4.25. The average molecular weight is 384 g/mol. The predicted molar refractivity (Wildman–Crippen MR) is 112 cm³/mol. The van der Waals surface area contributed by atoms with Crippen LogP contribution in [0.5, 0.6) is 0 Å². The number of fused-ring (bicyclic) bond motifs is 2. The first-order valence-corrected chi connectivity index (χ1v) is 9.96. The molecule has 3 atom stereocenters. The van der Waals surface area contributed by atoms with Crippen LogP contribution in [0.3, 0.4) is 0 Å². The molecule has 2 aliphatic rings. The SMILES string of the molecule is COC1C2CCNCCC2N=C(c2ccccc2)c2cc(Cl)ccc2N1C. The molecular weight excluding hydrogens is 358 g/mol. The zero-order chi connectivity index (χ0) is 18.8. The van der Waals surface area contributed by atoms with Crippen molar-refractivity contribution < 1.29 is 4.74 Å². The Morgan fingerprint density at radius 2 is 1.89 bits per heavy atom. The van der Waals surface area contributed by atoms with Crippen molar-refractivity contribution >= 4 is 23.0 Å². The van der Waals surface area contributed by atoms with E-state index in [2.05, 4.69) is 47.6 Å². The number of nitrogens with one attached hydrogen (secondary N) is 1. The van der Waals surface area contributed by atoms with E-state index in [0.717, 1.165) is 53.5 Å². The highest BCUT2D eigenvalue weighted by Gasteiger charge is 2.36. The van der Waals surface area contributed by atoms with Crippen LogP contribution in [0.15, 0.2) is 53.5 Å². The molecule has 0 aliphatic carbocycles. The van der Waals surface area contributed by atoms with Crippen molar-refractivity contribution in [1.82, 2.24) is 5.32 Å². The minimum absolute atomic E-state index is 0.0177. The van der Waals surface area contributed by atoms with Crippen LogP contribution in [0.2, 0.25) is 5.02 Å². The maximum atomic E-state index is 6.39. The van der Waals surface area contributed by atoms with Crippen molar-refractivity contribution in [2.24, 2.45) is 10.9 Å². The Balaban J connectivity index is 1.94. The third-order valence-electron chi connectivity index (χ3n) is 5.69. The molecule has 0 bridgehead atoms. The number of halogens is 1. The summed E-state index contributed by atoms with van der Waals surface area (Å²) in [4.78, 5) is 7.57. The second-order valence-corrected chi connectivity index (χ2v) is 7.74. The van der Waals surface area contributed by atoms with Crippen LogP contribution in [0.4, 0.5) is 5.69 Å². The minimum Gasteiger partial charge on any atom is -0.361 e. The lowest BCUT2D eigenvalue weighted by molar-refractivity contribution is 0.0408. The Kier molecular flexibility index (Phi) is 5.48. The summed E-state index contributed by atoms with van der Waals surface area (Å²) >= 11 is 6.39. The summed E-state index contributed by atoms with van der Waals surface area (Å²) in [6.45, 7) is 1.98. The Morgan fingerprint density at radius 1 is 1.11 bits per heavy atom. The molecule has 2 aliphatic heterocycles. The molecule has 142 valence electrons. The molecule has 1 fully saturated rings. The molecule has 5 heteroatoms. The van der Waals surface area contributed by atoms with Gasteiger partial charge in [0.15, 0.2) is 0 Å². The van der Waals surface area contributed by atoms with Crippen molar-refractivity contribution in [3.05, 3.63) is 64.7 Å². The van der Waals surface area contributed by atoms with E-state index in [1.54, 1.807) is 7.11 Å². The van der Waals surface area contributed by atoms with Gasteiger partial charge in [0.2, 0.25) is 0 Å². The first-order chi connectivity index (χ1) is 13.2. The quantitative estimate of drug-likeness (QED) is 0.852. The van der Waals surface area contributed by atoms with Crippen LogP contribution < -0.4 is 10.2 Å². The molecular formula is C22H26ClN3O. The molecule has 4 rings (SSSR count). The highest BCUT2D eigenvalue weighted by Crippen LogP contribution is 2.35. The van der Waals surface area contributed by atoms with E-state index in [1.807, 2.05) is 18.2 Å². The third-order valence-corrected chi connectivity index (χ3v) is 5.93. The lowest BCUT2D eigenvalue weighted by Crippen LogP contribution is -2.46. The maximum absolute atomic E-state index is 6.39. The summed E-state index contributed by atoms with van der Waals surface area (Å²) < 4.78 is 5.99. The standard InChI is InChI=1S/C22H26ClN3O/c1-26-20-9-8-16(23)14-18(20)21(15-6-4-3-5-7-15)25-19-11-13-24-12-10-17(19)22(26)27-2/h3-9,14,17,19,22,24H,10-13H2,1-2H3. The number of hydrogen-bond acceptors (Lipinski definition) is 4. The second kappa shape index (κ2) is 8.01. The Hall–Kier alpha value is -1.88. The van der Waals surface area contributed by atoms with Crippen LogP contribution in [-0.2, 0) is 4.74 Å². The number of rotatable bonds is 2. The van der Waals surface area contributed by atoms with E-state index in [9.17, 15) is 0 Å². The fraction of sp³-hybridized carbons (Fsp3) is 0.409. The van der Waals surface area contributed by atoms with Gasteiger partial charge in [0.05, 0.1) is 11.8 Å². The molecule has 0 saturated carbocycles. The fourth-order valence-corrected chi connectivity index (χ4v) is 4.54. The van der Waals surface area contributed by atoms with E-state index < -0.39 is 0 Å². The number of methoxy groups -OCH3 is 1. The van der Waals surface area contributed by atoms with Crippen LogP contribution >= 0.6 is 11.6 Å². The fourth-order valence-electron chi connectivity index (χ4n) is 4.37. The number of anilines is 1. The topological polar surface area (TPSA) is 36.9 Å². The monoisotopic (exact) mass is 383 g/mol. The zero-order valence-corrected chi connectivity index (χ0v) is 16.6. The van der Waals surface area contributed by atoms with Gasteiger partial charge in [-0.2, -0.15) is 0 Å². The normalized spacial score (nSPS) is 25.5. The lowest BCUT2D eigenvalue weighted by atomic mass is 9.89. The van der Waals surface area contributed by atoms with Gasteiger partial charge in [-0.05, 0) is 44.1 Å². The van der Waals surface area contributed by atoms with Crippen LogP contribution in [0.25, 0.3) is 0 Å². The van der Waals surface area contributed by atoms with Gasteiger partial charge < -0.3 is 15.0 Å². The van der Waals surface area contributed by atoms with Crippen molar-refractivity contribution in [3.8, 4) is 0 Å². The number of ether oxygens (including phenoxy) is 1. The van der Waals surface area contributed by atoms with Crippen molar-refractivity contribution in [3.63, 3.8) is 0 Å². The molecule has 2 heterocycles.